The van der Waals surface area contributed by atoms with Crippen LogP contribution in [0.5, 0.6) is 0 Å². The van der Waals surface area contributed by atoms with Gasteiger partial charge in [-0.15, -0.1) is 0 Å². The van der Waals surface area contributed by atoms with Crippen LogP contribution in [0.4, 0.5) is 5.69 Å². The zero-order chi connectivity index (χ0) is 12.0. The van der Waals surface area contributed by atoms with Gasteiger partial charge in [-0.3, -0.25) is 4.98 Å². The van der Waals surface area contributed by atoms with Gasteiger partial charge in [0.15, 0.2) is 0 Å². The fourth-order valence-corrected chi connectivity index (χ4v) is 2.06. The van der Waals surface area contributed by atoms with Gasteiger partial charge in [-0.25, -0.2) is 0 Å². The second-order valence-corrected chi connectivity index (χ2v) is 4.88. The van der Waals surface area contributed by atoms with E-state index in [1.807, 2.05) is 31.9 Å². The summed E-state index contributed by atoms with van der Waals surface area (Å²) < 4.78 is 0. The van der Waals surface area contributed by atoms with Gasteiger partial charge < -0.3 is 10.2 Å². The fraction of sp³-hybridized carbons (Fsp3) is 0.583. The summed E-state index contributed by atoms with van der Waals surface area (Å²) >= 11 is 1.88. The van der Waals surface area contributed by atoms with E-state index in [0.29, 0.717) is 0 Å². The number of hydrogen-bond donors (Lipinski definition) is 1. The Labute approximate surface area is 103 Å². The van der Waals surface area contributed by atoms with E-state index in [9.17, 15) is 0 Å². The molecule has 0 radical (unpaired) electrons. The lowest BCUT2D eigenvalue weighted by atomic mass is 10.2. The highest BCUT2D eigenvalue weighted by atomic mass is 32.2. The van der Waals surface area contributed by atoms with Crippen LogP contribution >= 0.6 is 11.8 Å². The van der Waals surface area contributed by atoms with E-state index in [2.05, 4.69) is 34.6 Å². The molecule has 0 saturated carbocycles. The monoisotopic (exact) mass is 239 g/mol. The molecule has 1 aromatic heterocycles. The van der Waals surface area contributed by atoms with E-state index in [1.54, 1.807) is 0 Å². The van der Waals surface area contributed by atoms with Crippen LogP contribution in [-0.4, -0.2) is 37.6 Å². The normalized spacial score (nSPS) is 10.5. The second kappa shape index (κ2) is 6.76. The van der Waals surface area contributed by atoms with E-state index in [1.165, 1.54) is 11.3 Å². The summed E-state index contributed by atoms with van der Waals surface area (Å²) in [6, 6.07) is 2.16. The van der Waals surface area contributed by atoms with Crippen LogP contribution in [0.25, 0.3) is 0 Å². The highest BCUT2D eigenvalue weighted by molar-refractivity contribution is 7.98. The summed E-state index contributed by atoms with van der Waals surface area (Å²) in [5.74, 6) is 1.15. The minimum absolute atomic E-state index is 0.867. The van der Waals surface area contributed by atoms with Crippen molar-refractivity contribution >= 4 is 17.4 Å². The van der Waals surface area contributed by atoms with Crippen molar-refractivity contribution in [3.05, 3.63) is 23.5 Å². The molecular formula is C12H21N3S. The molecule has 0 aliphatic carbocycles. The number of hydrogen-bond acceptors (Lipinski definition) is 4. The molecule has 1 aromatic rings. The van der Waals surface area contributed by atoms with E-state index in [4.69, 9.17) is 0 Å². The smallest absolute Gasteiger partial charge is 0.0443 e. The Morgan fingerprint density at radius 3 is 2.88 bits per heavy atom. The summed E-state index contributed by atoms with van der Waals surface area (Å²) in [4.78, 5) is 6.65. The summed E-state index contributed by atoms with van der Waals surface area (Å²) in [5, 5.41) is 3.18. The Hall–Kier alpha value is -0.740. The molecule has 1 heterocycles. The third-order valence-electron chi connectivity index (χ3n) is 2.51. The van der Waals surface area contributed by atoms with Gasteiger partial charge in [-0.2, -0.15) is 11.8 Å². The van der Waals surface area contributed by atoms with Gasteiger partial charge in [0.2, 0.25) is 0 Å². The zero-order valence-corrected chi connectivity index (χ0v) is 11.4. The second-order valence-electron chi connectivity index (χ2n) is 3.90. The first kappa shape index (κ1) is 13.3. The first-order valence-electron chi connectivity index (χ1n) is 5.49. The number of nitrogens with zero attached hydrogens (tertiary/aromatic N) is 2. The highest BCUT2D eigenvalue weighted by Crippen LogP contribution is 2.19. The lowest BCUT2D eigenvalue weighted by molar-refractivity contribution is 0.803. The molecule has 4 heteroatoms. The van der Waals surface area contributed by atoms with Crippen molar-refractivity contribution in [2.45, 2.75) is 13.5 Å². The van der Waals surface area contributed by atoms with Gasteiger partial charge in [-0.1, -0.05) is 0 Å². The van der Waals surface area contributed by atoms with Crippen molar-refractivity contribution in [2.75, 3.05) is 37.5 Å². The molecule has 3 nitrogen and oxygen atoms in total. The molecule has 0 bridgehead atoms. The Bertz CT molecular complexity index is 328. The highest BCUT2D eigenvalue weighted by Gasteiger charge is 2.07. The third-order valence-corrected chi connectivity index (χ3v) is 3.10. The van der Waals surface area contributed by atoms with Crippen molar-refractivity contribution < 1.29 is 0 Å². The number of aryl methyl sites for hydroxylation is 1. The standard InChI is InChI=1S/C12H21N3S/c1-10-7-12(15(3)5-6-16-4)11(8-13-2)9-14-10/h7,9,13H,5-6,8H2,1-4H3. The van der Waals surface area contributed by atoms with Crippen LogP contribution in [-0.2, 0) is 6.54 Å². The molecule has 16 heavy (non-hydrogen) atoms. The molecule has 1 N–H and O–H groups in total. The van der Waals surface area contributed by atoms with Gasteiger partial charge in [0.05, 0.1) is 0 Å². The number of anilines is 1. The Morgan fingerprint density at radius 1 is 1.50 bits per heavy atom. The SMILES string of the molecule is CNCc1cnc(C)cc1N(C)CCSC. The summed E-state index contributed by atoms with van der Waals surface area (Å²) in [7, 11) is 4.11. The summed E-state index contributed by atoms with van der Waals surface area (Å²) in [6.45, 7) is 3.97. The maximum Gasteiger partial charge on any atom is 0.0443 e. The van der Waals surface area contributed by atoms with Crippen molar-refractivity contribution in [1.82, 2.24) is 10.3 Å². The Balaban J connectivity index is 2.85. The number of rotatable bonds is 6. The maximum absolute atomic E-state index is 4.35. The first-order valence-corrected chi connectivity index (χ1v) is 6.88. The topological polar surface area (TPSA) is 28.2 Å². The quantitative estimate of drug-likeness (QED) is 0.821. The van der Waals surface area contributed by atoms with E-state index in [0.717, 1.165) is 24.5 Å². The largest absolute Gasteiger partial charge is 0.373 e. The zero-order valence-electron chi connectivity index (χ0n) is 10.6. The molecule has 0 unspecified atom stereocenters. The molecule has 0 atom stereocenters. The predicted octanol–water partition coefficient (Wildman–Crippen LogP) is 1.91. The first-order chi connectivity index (χ1) is 7.69. The van der Waals surface area contributed by atoms with E-state index in [-0.39, 0.29) is 0 Å². The lowest BCUT2D eigenvalue weighted by Crippen LogP contribution is -2.23. The van der Waals surface area contributed by atoms with Crippen LogP contribution in [0.15, 0.2) is 12.3 Å². The van der Waals surface area contributed by atoms with Crippen LogP contribution in [0.2, 0.25) is 0 Å². The van der Waals surface area contributed by atoms with Gasteiger partial charge in [0.25, 0.3) is 0 Å². The number of aromatic nitrogens is 1. The van der Waals surface area contributed by atoms with Gasteiger partial charge in [0.1, 0.15) is 0 Å². The van der Waals surface area contributed by atoms with Crippen molar-refractivity contribution in [3.8, 4) is 0 Å². The van der Waals surface area contributed by atoms with E-state index >= 15 is 0 Å². The molecule has 0 aliphatic heterocycles. The lowest BCUT2D eigenvalue weighted by Gasteiger charge is -2.22. The van der Waals surface area contributed by atoms with Crippen molar-refractivity contribution in [2.24, 2.45) is 0 Å². The molecule has 1 rings (SSSR count). The van der Waals surface area contributed by atoms with Gasteiger partial charge in [-0.05, 0) is 26.3 Å². The maximum atomic E-state index is 4.35. The number of thioether (sulfide) groups is 1. The van der Waals surface area contributed by atoms with Crippen LogP contribution < -0.4 is 10.2 Å². The molecule has 0 amide bonds. The fourth-order valence-electron chi connectivity index (χ4n) is 1.60. The Morgan fingerprint density at radius 2 is 2.25 bits per heavy atom. The van der Waals surface area contributed by atoms with Gasteiger partial charge >= 0.3 is 0 Å². The van der Waals surface area contributed by atoms with Crippen molar-refractivity contribution in [3.63, 3.8) is 0 Å². The summed E-state index contributed by atoms with van der Waals surface area (Å²) in [5.41, 5.74) is 3.62. The minimum Gasteiger partial charge on any atom is -0.373 e. The van der Waals surface area contributed by atoms with E-state index < -0.39 is 0 Å². The van der Waals surface area contributed by atoms with Crippen LogP contribution in [0, 0.1) is 6.92 Å². The van der Waals surface area contributed by atoms with Crippen LogP contribution in [0.1, 0.15) is 11.3 Å². The molecule has 0 spiro atoms. The predicted molar refractivity (Wildman–Crippen MR) is 73.4 cm³/mol. The molecule has 0 aliphatic rings. The molecular weight excluding hydrogens is 218 g/mol. The third kappa shape index (κ3) is 3.68. The minimum atomic E-state index is 0.867. The molecule has 0 aromatic carbocycles. The Kier molecular flexibility index (Phi) is 5.63. The van der Waals surface area contributed by atoms with Crippen LogP contribution in [0.3, 0.4) is 0 Å². The number of pyridine rings is 1. The number of nitrogens with one attached hydrogen (secondary N) is 1. The molecule has 0 saturated heterocycles. The molecule has 0 fully saturated rings. The van der Waals surface area contributed by atoms with Gasteiger partial charge in [0, 0.05) is 49.0 Å². The molecule has 90 valence electrons. The van der Waals surface area contributed by atoms with Crippen molar-refractivity contribution in [1.29, 1.82) is 0 Å². The average molecular weight is 239 g/mol. The average Bonchev–Trinajstić information content (AvgIpc) is 2.28. The summed E-state index contributed by atoms with van der Waals surface area (Å²) in [6.07, 6.45) is 4.11.